The van der Waals surface area contributed by atoms with Crippen LogP contribution in [0.1, 0.15) is 18.9 Å². The quantitative estimate of drug-likeness (QED) is 0.619. The summed E-state index contributed by atoms with van der Waals surface area (Å²) in [6.45, 7) is 1.69. The van der Waals surface area contributed by atoms with Crippen LogP contribution in [0.25, 0.3) is 0 Å². The van der Waals surface area contributed by atoms with Gasteiger partial charge in [-0.25, -0.2) is 0 Å². The van der Waals surface area contributed by atoms with E-state index in [4.69, 9.17) is 4.74 Å². The lowest BCUT2D eigenvalue weighted by molar-refractivity contribution is -0.149. The molecule has 0 amide bonds. The highest BCUT2D eigenvalue weighted by molar-refractivity contribution is 5.80. The zero-order valence-corrected chi connectivity index (χ0v) is 8.28. The van der Waals surface area contributed by atoms with Crippen molar-refractivity contribution in [2.75, 3.05) is 5.32 Å². The maximum absolute atomic E-state index is 11.3. The Morgan fingerprint density at radius 3 is 3.00 bits per heavy atom. The minimum Gasteiger partial charge on any atom is -0.436 e. The normalized spacial score (nSPS) is 36.8. The predicted molar refractivity (Wildman–Crippen MR) is 53.1 cm³/mol. The minimum absolute atomic E-state index is 0.00745. The number of carbonyl (C=O) groups is 1. The molecule has 1 aromatic rings. The first-order chi connectivity index (χ1) is 7.05. The molecule has 0 bridgehead atoms. The molecule has 0 aromatic heterocycles. The number of benzene rings is 1. The fourth-order valence-electron chi connectivity index (χ4n) is 2.42. The van der Waals surface area contributed by atoms with Crippen LogP contribution in [0.4, 0.5) is 5.69 Å². The Bertz CT molecular complexity index is 459. The number of fused-ring (bicyclic) bond motifs is 3. The third-order valence-corrected chi connectivity index (χ3v) is 3.25. The van der Waals surface area contributed by atoms with E-state index in [9.17, 15) is 9.90 Å². The average molecular weight is 205 g/mol. The Kier molecular flexibility index (Phi) is 1.36. The van der Waals surface area contributed by atoms with Gasteiger partial charge in [-0.3, -0.25) is 4.79 Å². The van der Waals surface area contributed by atoms with Crippen LogP contribution in [0.15, 0.2) is 24.3 Å². The number of aliphatic hydroxyl groups is 1. The monoisotopic (exact) mass is 205 g/mol. The number of rotatable bonds is 0. The molecule has 0 spiro atoms. The van der Waals surface area contributed by atoms with Crippen LogP contribution >= 0.6 is 0 Å². The Morgan fingerprint density at radius 1 is 1.47 bits per heavy atom. The maximum atomic E-state index is 11.3. The van der Waals surface area contributed by atoms with Crippen molar-refractivity contribution < 1.29 is 14.6 Å². The lowest BCUT2D eigenvalue weighted by Crippen LogP contribution is -2.46. The lowest BCUT2D eigenvalue weighted by Gasteiger charge is -2.29. The van der Waals surface area contributed by atoms with E-state index >= 15 is 0 Å². The molecular formula is C11H11NO3. The van der Waals surface area contributed by atoms with Crippen molar-refractivity contribution in [2.45, 2.75) is 24.7 Å². The molecule has 1 aromatic carbocycles. The van der Waals surface area contributed by atoms with E-state index in [0.29, 0.717) is 0 Å². The van der Waals surface area contributed by atoms with Gasteiger partial charge in [-0.15, -0.1) is 0 Å². The van der Waals surface area contributed by atoms with Crippen molar-refractivity contribution in [3.63, 3.8) is 0 Å². The van der Waals surface area contributed by atoms with E-state index < -0.39 is 11.3 Å². The van der Waals surface area contributed by atoms with Crippen LogP contribution < -0.4 is 5.32 Å². The van der Waals surface area contributed by atoms with Crippen LogP contribution in [-0.4, -0.2) is 16.8 Å². The molecule has 3 rings (SSSR count). The molecule has 4 heteroatoms. The van der Waals surface area contributed by atoms with Crippen molar-refractivity contribution in [3.8, 4) is 0 Å². The van der Waals surface area contributed by atoms with Crippen molar-refractivity contribution in [3.05, 3.63) is 29.8 Å². The molecule has 2 aliphatic rings. The zero-order valence-electron chi connectivity index (χ0n) is 8.28. The summed E-state index contributed by atoms with van der Waals surface area (Å²) in [5.74, 6) is -0.373. The second-order valence-corrected chi connectivity index (χ2v) is 4.21. The van der Waals surface area contributed by atoms with Crippen LogP contribution in [-0.2, 0) is 15.1 Å². The predicted octanol–water partition coefficient (Wildman–Crippen LogP) is 0.963. The Morgan fingerprint density at radius 2 is 2.20 bits per heavy atom. The van der Waals surface area contributed by atoms with E-state index in [2.05, 4.69) is 5.32 Å². The van der Waals surface area contributed by atoms with Crippen molar-refractivity contribution in [1.82, 2.24) is 0 Å². The van der Waals surface area contributed by atoms with E-state index in [-0.39, 0.29) is 12.4 Å². The molecule has 4 nitrogen and oxygen atoms in total. The number of ether oxygens (including phenoxy) is 1. The standard InChI is InChI=1S/C11H11NO3/c1-10-11(14,6-9(13)15-10)7-4-2-3-5-8(7)12-10/h2-5,12,14H,6H2,1H3/t10?,11-/m0/s1. The maximum Gasteiger partial charge on any atom is 0.311 e. The van der Waals surface area contributed by atoms with E-state index in [0.717, 1.165) is 11.3 Å². The van der Waals surface area contributed by atoms with Gasteiger partial charge in [0.05, 0.1) is 6.42 Å². The van der Waals surface area contributed by atoms with Gasteiger partial charge >= 0.3 is 5.97 Å². The fourth-order valence-corrected chi connectivity index (χ4v) is 2.42. The van der Waals surface area contributed by atoms with Gasteiger partial charge in [0.25, 0.3) is 0 Å². The highest BCUT2D eigenvalue weighted by atomic mass is 16.6. The first kappa shape index (κ1) is 8.73. The molecule has 2 aliphatic heterocycles. The Hall–Kier alpha value is -1.55. The summed E-state index contributed by atoms with van der Waals surface area (Å²) in [7, 11) is 0. The summed E-state index contributed by atoms with van der Waals surface area (Å²) in [4.78, 5) is 11.3. The van der Waals surface area contributed by atoms with Gasteiger partial charge in [-0.05, 0) is 13.0 Å². The summed E-state index contributed by atoms with van der Waals surface area (Å²) in [6, 6.07) is 7.40. The third kappa shape index (κ3) is 0.874. The fraction of sp³-hybridized carbons (Fsp3) is 0.364. The van der Waals surface area contributed by atoms with Crippen molar-refractivity contribution in [1.29, 1.82) is 0 Å². The minimum atomic E-state index is -1.24. The summed E-state index contributed by atoms with van der Waals surface area (Å²) in [5.41, 5.74) is -0.692. The van der Waals surface area contributed by atoms with Gasteiger partial charge in [-0.1, -0.05) is 18.2 Å². The molecule has 1 saturated heterocycles. The van der Waals surface area contributed by atoms with Crippen LogP contribution in [0.3, 0.4) is 0 Å². The van der Waals surface area contributed by atoms with Crippen LogP contribution in [0.2, 0.25) is 0 Å². The highest BCUT2D eigenvalue weighted by Gasteiger charge is 2.63. The molecule has 2 atom stereocenters. The molecule has 0 radical (unpaired) electrons. The molecule has 15 heavy (non-hydrogen) atoms. The summed E-state index contributed by atoms with van der Waals surface area (Å²) < 4.78 is 5.16. The number of anilines is 1. The molecule has 2 N–H and O–H groups in total. The van der Waals surface area contributed by atoms with Crippen LogP contribution in [0.5, 0.6) is 0 Å². The first-order valence-corrected chi connectivity index (χ1v) is 4.87. The van der Waals surface area contributed by atoms with Gasteiger partial charge in [0.15, 0.2) is 5.60 Å². The number of para-hydroxylation sites is 1. The second-order valence-electron chi connectivity index (χ2n) is 4.21. The smallest absolute Gasteiger partial charge is 0.311 e. The molecule has 0 saturated carbocycles. The molecule has 0 aliphatic carbocycles. The first-order valence-electron chi connectivity index (χ1n) is 4.87. The SMILES string of the molecule is CC12Nc3ccccc3[C@@]1(O)CC(=O)O2. The summed E-state index contributed by atoms with van der Waals surface area (Å²) in [6.07, 6.45) is 0.00745. The Balaban J connectivity index is 2.22. The van der Waals surface area contributed by atoms with Gasteiger partial charge in [-0.2, -0.15) is 0 Å². The number of hydrogen-bond donors (Lipinski definition) is 2. The number of esters is 1. The molecule has 78 valence electrons. The molecular weight excluding hydrogens is 194 g/mol. The van der Waals surface area contributed by atoms with Gasteiger partial charge in [0.1, 0.15) is 0 Å². The highest BCUT2D eigenvalue weighted by Crippen LogP contribution is 2.52. The molecule has 1 fully saturated rings. The van der Waals surface area contributed by atoms with Gasteiger partial charge < -0.3 is 15.2 Å². The van der Waals surface area contributed by atoms with Crippen LogP contribution in [0, 0.1) is 0 Å². The lowest BCUT2D eigenvalue weighted by atomic mass is 9.87. The van der Waals surface area contributed by atoms with Crippen molar-refractivity contribution >= 4 is 11.7 Å². The molecule has 1 unspecified atom stereocenters. The molecule has 2 heterocycles. The number of carbonyl (C=O) groups excluding carboxylic acids is 1. The summed E-state index contributed by atoms with van der Waals surface area (Å²) in [5, 5.41) is 13.6. The summed E-state index contributed by atoms with van der Waals surface area (Å²) >= 11 is 0. The van der Waals surface area contributed by atoms with Gasteiger partial charge in [0.2, 0.25) is 5.72 Å². The van der Waals surface area contributed by atoms with Crippen molar-refractivity contribution in [2.24, 2.45) is 0 Å². The second kappa shape index (κ2) is 2.33. The van der Waals surface area contributed by atoms with Gasteiger partial charge in [0, 0.05) is 11.3 Å². The van der Waals surface area contributed by atoms with E-state index in [1.54, 1.807) is 6.92 Å². The average Bonchev–Trinajstić information content (AvgIpc) is 2.48. The Labute approximate surface area is 86.9 Å². The van der Waals surface area contributed by atoms with E-state index in [1.165, 1.54) is 0 Å². The number of hydrogen-bond acceptors (Lipinski definition) is 4. The largest absolute Gasteiger partial charge is 0.436 e. The third-order valence-electron chi connectivity index (χ3n) is 3.25. The topological polar surface area (TPSA) is 58.6 Å². The zero-order chi connectivity index (χ0) is 10.7. The van der Waals surface area contributed by atoms with E-state index in [1.807, 2.05) is 24.3 Å². The number of nitrogens with one attached hydrogen (secondary N) is 1.